The highest BCUT2D eigenvalue weighted by Gasteiger charge is 2.27. The predicted octanol–water partition coefficient (Wildman–Crippen LogP) is 2.88. The maximum atomic E-state index is 13.5. The van der Waals surface area contributed by atoms with Crippen LogP contribution < -0.4 is 5.32 Å². The van der Waals surface area contributed by atoms with Gasteiger partial charge in [0.2, 0.25) is 0 Å². The van der Waals surface area contributed by atoms with Crippen LogP contribution in [0, 0.1) is 17.0 Å². The highest BCUT2D eigenvalue weighted by atomic mass is 19.1. The van der Waals surface area contributed by atoms with E-state index in [9.17, 15) is 13.6 Å². The van der Waals surface area contributed by atoms with Gasteiger partial charge in [0.15, 0.2) is 0 Å². The number of hydrogen-bond donors (Lipinski definition) is 2. The molecule has 0 aromatic heterocycles. The molecule has 0 saturated heterocycles. The molecule has 20 heavy (non-hydrogen) atoms. The molecule has 0 aliphatic heterocycles. The molecule has 3 nitrogen and oxygen atoms in total. The summed E-state index contributed by atoms with van der Waals surface area (Å²) in [6.45, 7) is 4.24. The summed E-state index contributed by atoms with van der Waals surface area (Å²) < 4.78 is 27.0. The molecule has 0 spiro atoms. The standard InChI is InChI=1S/C15H21F2NO2/c1-3-15(4-2,8-9-19)10-18-14(20)13-11(16)6-5-7-12(13)17/h5-7,19H,3-4,8-10H2,1-2H3,(H,18,20). The van der Waals surface area contributed by atoms with Crippen molar-refractivity contribution < 1.29 is 18.7 Å². The van der Waals surface area contributed by atoms with E-state index in [-0.39, 0.29) is 18.6 Å². The van der Waals surface area contributed by atoms with Crippen LogP contribution in [0.5, 0.6) is 0 Å². The van der Waals surface area contributed by atoms with Crippen molar-refractivity contribution in [3.05, 3.63) is 35.4 Å². The molecule has 0 unspecified atom stereocenters. The van der Waals surface area contributed by atoms with E-state index in [0.29, 0.717) is 6.42 Å². The summed E-state index contributed by atoms with van der Waals surface area (Å²) in [7, 11) is 0. The SMILES string of the molecule is CCC(CC)(CCO)CNC(=O)c1c(F)cccc1F. The lowest BCUT2D eigenvalue weighted by Crippen LogP contribution is -2.38. The summed E-state index contributed by atoms with van der Waals surface area (Å²) in [6, 6.07) is 3.33. The maximum absolute atomic E-state index is 13.5. The minimum Gasteiger partial charge on any atom is -0.396 e. The summed E-state index contributed by atoms with van der Waals surface area (Å²) >= 11 is 0. The smallest absolute Gasteiger partial charge is 0.257 e. The van der Waals surface area contributed by atoms with Crippen LogP contribution in [0.2, 0.25) is 0 Å². The van der Waals surface area contributed by atoms with E-state index >= 15 is 0 Å². The van der Waals surface area contributed by atoms with Gasteiger partial charge in [-0.3, -0.25) is 4.79 Å². The fourth-order valence-electron chi connectivity index (χ4n) is 2.25. The monoisotopic (exact) mass is 285 g/mol. The molecule has 0 saturated carbocycles. The molecule has 112 valence electrons. The molecule has 1 rings (SSSR count). The summed E-state index contributed by atoms with van der Waals surface area (Å²) in [5, 5.41) is 11.7. The van der Waals surface area contributed by atoms with Gasteiger partial charge in [0.25, 0.3) is 5.91 Å². The Morgan fingerprint density at radius 2 is 1.80 bits per heavy atom. The largest absolute Gasteiger partial charge is 0.396 e. The fourth-order valence-corrected chi connectivity index (χ4v) is 2.25. The number of halogens is 2. The number of amides is 1. The average Bonchev–Trinajstić information content (AvgIpc) is 2.43. The molecule has 0 aliphatic rings. The zero-order chi connectivity index (χ0) is 15.2. The van der Waals surface area contributed by atoms with Crippen molar-refractivity contribution in [1.29, 1.82) is 0 Å². The van der Waals surface area contributed by atoms with Gasteiger partial charge >= 0.3 is 0 Å². The first-order chi connectivity index (χ1) is 9.49. The Hall–Kier alpha value is -1.49. The van der Waals surface area contributed by atoms with Crippen molar-refractivity contribution in [2.45, 2.75) is 33.1 Å². The van der Waals surface area contributed by atoms with Gasteiger partial charge in [-0.1, -0.05) is 19.9 Å². The number of carbonyl (C=O) groups is 1. The Labute approximate surface area is 118 Å². The third-order valence-corrected chi connectivity index (χ3v) is 3.96. The molecule has 0 heterocycles. The van der Waals surface area contributed by atoms with E-state index in [4.69, 9.17) is 5.11 Å². The number of rotatable bonds is 7. The van der Waals surface area contributed by atoms with E-state index in [1.165, 1.54) is 6.07 Å². The molecule has 0 bridgehead atoms. The summed E-state index contributed by atoms with van der Waals surface area (Å²) in [5.74, 6) is -2.50. The van der Waals surface area contributed by atoms with Crippen LogP contribution in [0.25, 0.3) is 0 Å². The molecule has 2 N–H and O–H groups in total. The number of hydrogen-bond acceptors (Lipinski definition) is 2. The zero-order valence-electron chi connectivity index (χ0n) is 11.9. The lowest BCUT2D eigenvalue weighted by Gasteiger charge is -2.31. The van der Waals surface area contributed by atoms with Gasteiger partial charge in [0, 0.05) is 13.2 Å². The lowest BCUT2D eigenvalue weighted by atomic mass is 9.79. The first-order valence-corrected chi connectivity index (χ1v) is 6.82. The highest BCUT2D eigenvalue weighted by molar-refractivity contribution is 5.94. The van der Waals surface area contributed by atoms with Crippen molar-refractivity contribution >= 4 is 5.91 Å². The summed E-state index contributed by atoms with van der Waals surface area (Å²) in [4.78, 5) is 11.9. The molecule has 0 fully saturated rings. The molecular weight excluding hydrogens is 264 g/mol. The van der Waals surface area contributed by atoms with Gasteiger partial charge in [-0.25, -0.2) is 8.78 Å². The van der Waals surface area contributed by atoms with Gasteiger partial charge in [0.1, 0.15) is 17.2 Å². The minimum atomic E-state index is -0.872. The van der Waals surface area contributed by atoms with Crippen LogP contribution in [0.15, 0.2) is 18.2 Å². The zero-order valence-corrected chi connectivity index (χ0v) is 11.9. The number of carbonyl (C=O) groups excluding carboxylic acids is 1. The molecule has 1 aromatic rings. The van der Waals surface area contributed by atoms with Crippen LogP contribution in [0.4, 0.5) is 8.78 Å². The fraction of sp³-hybridized carbons (Fsp3) is 0.533. The topological polar surface area (TPSA) is 49.3 Å². The minimum absolute atomic E-state index is 0.0195. The van der Waals surface area contributed by atoms with Crippen molar-refractivity contribution in [3.63, 3.8) is 0 Å². The van der Waals surface area contributed by atoms with Crippen molar-refractivity contribution in [2.75, 3.05) is 13.2 Å². The highest BCUT2D eigenvalue weighted by Crippen LogP contribution is 2.29. The number of aliphatic hydroxyl groups is 1. The predicted molar refractivity (Wildman–Crippen MR) is 73.4 cm³/mol. The van der Waals surface area contributed by atoms with Gasteiger partial charge in [-0.2, -0.15) is 0 Å². The first-order valence-electron chi connectivity index (χ1n) is 6.82. The molecular formula is C15H21F2NO2. The Morgan fingerprint density at radius 1 is 1.25 bits per heavy atom. The summed E-state index contributed by atoms with van der Waals surface area (Å²) in [6.07, 6.45) is 2.08. The number of aliphatic hydroxyl groups excluding tert-OH is 1. The quantitative estimate of drug-likeness (QED) is 0.809. The van der Waals surface area contributed by atoms with E-state index in [2.05, 4.69) is 5.32 Å². The van der Waals surface area contributed by atoms with Crippen LogP contribution in [0.3, 0.4) is 0 Å². The number of benzene rings is 1. The van der Waals surface area contributed by atoms with Crippen LogP contribution in [0.1, 0.15) is 43.5 Å². The Bertz CT molecular complexity index is 439. The Kier molecular flexibility index (Phi) is 6.07. The second-order valence-corrected chi connectivity index (χ2v) is 4.96. The van der Waals surface area contributed by atoms with E-state index in [1.54, 1.807) is 0 Å². The van der Waals surface area contributed by atoms with Crippen LogP contribution >= 0.6 is 0 Å². The van der Waals surface area contributed by atoms with Crippen molar-refractivity contribution in [1.82, 2.24) is 5.32 Å². The second kappa shape index (κ2) is 7.33. The van der Waals surface area contributed by atoms with E-state index < -0.39 is 23.1 Å². The number of nitrogens with one attached hydrogen (secondary N) is 1. The lowest BCUT2D eigenvalue weighted by molar-refractivity contribution is 0.0899. The molecule has 1 amide bonds. The van der Waals surface area contributed by atoms with Crippen LogP contribution in [-0.2, 0) is 0 Å². The van der Waals surface area contributed by atoms with Gasteiger partial charge < -0.3 is 10.4 Å². The van der Waals surface area contributed by atoms with Gasteiger partial charge in [-0.15, -0.1) is 0 Å². The van der Waals surface area contributed by atoms with E-state index in [1.807, 2.05) is 13.8 Å². The molecule has 0 atom stereocenters. The Balaban J connectivity index is 2.81. The van der Waals surface area contributed by atoms with Gasteiger partial charge in [0.05, 0.1) is 0 Å². The first kappa shape index (κ1) is 16.6. The van der Waals surface area contributed by atoms with Gasteiger partial charge in [-0.05, 0) is 36.8 Å². The van der Waals surface area contributed by atoms with E-state index in [0.717, 1.165) is 25.0 Å². The summed E-state index contributed by atoms with van der Waals surface area (Å²) in [5.41, 5.74) is -0.802. The molecule has 0 radical (unpaired) electrons. The molecule has 5 heteroatoms. The normalized spacial score (nSPS) is 11.4. The molecule has 0 aliphatic carbocycles. The third-order valence-electron chi connectivity index (χ3n) is 3.96. The average molecular weight is 285 g/mol. The van der Waals surface area contributed by atoms with Crippen molar-refractivity contribution in [2.24, 2.45) is 5.41 Å². The maximum Gasteiger partial charge on any atom is 0.257 e. The third kappa shape index (κ3) is 3.76. The Morgan fingerprint density at radius 3 is 2.25 bits per heavy atom. The van der Waals surface area contributed by atoms with Crippen LogP contribution in [-0.4, -0.2) is 24.2 Å². The second-order valence-electron chi connectivity index (χ2n) is 4.96. The molecule has 1 aromatic carbocycles. The van der Waals surface area contributed by atoms with Crippen molar-refractivity contribution in [3.8, 4) is 0 Å².